The Balaban J connectivity index is 1.41. The maximum absolute atomic E-state index is 12.4. The number of aromatic nitrogens is 2. The molecule has 3 aromatic rings. The number of hydrogen-bond acceptors (Lipinski definition) is 7. The minimum absolute atomic E-state index is 0.0504. The first-order valence-corrected chi connectivity index (χ1v) is 9.94. The zero-order chi connectivity index (χ0) is 20.2. The number of hydrogen-bond donors (Lipinski definition) is 1. The van der Waals surface area contributed by atoms with Gasteiger partial charge in [-0.3, -0.25) is 19.7 Å². The van der Waals surface area contributed by atoms with Crippen molar-refractivity contribution in [3.8, 4) is 0 Å². The van der Waals surface area contributed by atoms with Crippen LogP contribution in [-0.2, 0) is 4.74 Å². The van der Waals surface area contributed by atoms with Crippen LogP contribution in [-0.4, -0.2) is 34.3 Å². The molecule has 2 aromatic carbocycles. The predicted molar refractivity (Wildman–Crippen MR) is 107 cm³/mol. The van der Waals surface area contributed by atoms with Crippen LogP contribution in [0.4, 0.5) is 5.13 Å². The lowest BCUT2D eigenvalue weighted by Crippen LogP contribution is -2.15. The number of anilines is 1. The summed E-state index contributed by atoms with van der Waals surface area (Å²) in [6.45, 7) is 0.712. The minimum atomic E-state index is -0.617. The molecule has 0 radical (unpaired) electrons. The lowest BCUT2D eigenvalue weighted by molar-refractivity contribution is 0.0817. The van der Waals surface area contributed by atoms with E-state index in [9.17, 15) is 14.4 Å². The van der Waals surface area contributed by atoms with Gasteiger partial charge in [-0.05, 0) is 25.0 Å². The molecule has 7 nitrogen and oxygen atoms in total. The number of ketones is 2. The molecule has 4 rings (SSSR count). The van der Waals surface area contributed by atoms with Gasteiger partial charge in [0.05, 0.1) is 0 Å². The van der Waals surface area contributed by atoms with Crippen molar-refractivity contribution >= 4 is 33.9 Å². The highest BCUT2D eigenvalue weighted by molar-refractivity contribution is 7.15. The van der Waals surface area contributed by atoms with Crippen molar-refractivity contribution in [2.45, 2.75) is 18.9 Å². The van der Waals surface area contributed by atoms with E-state index in [2.05, 4.69) is 15.5 Å². The number of amides is 1. The van der Waals surface area contributed by atoms with Crippen molar-refractivity contribution in [2.24, 2.45) is 0 Å². The van der Waals surface area contributed by atoms with E-state index in [0.29, 0.717) is 22.9 Å². The van der Waals surface area contributed by atoms with Crippen LogP contribution in [0.15, 0.2) is 54.6 Å². The first-order chi connectivity index (χ1) is 14.1. The molecule has 0 aliphatic carbocycles. The Morgan fingerprint density at radius 3 is 2.21 bits per heavy atom. The molecule has 0 bridgehead atoms. The molecule has 2 heterocycles. The molecular weight excluding hydrogens is 390 g/mol. The summed E-state index contributed by atoms with van der Waals surface area (Å²) in [6.07, 6.45) is 1.84. The molecule has 1 saturated heterocycles. The molecular formula is C21H17N3O4S. The van der Waals surface area contributed by atoms with Crippen LogP contribution in [0.1, 0.15) is 55.0 Å². The Hall–Kier alpha value is -3.23. The molecule has 1 unspecified atom stereocenters. The van der Waals surface area contributed by atoms with Crippen molar-refractivity contribution in [3.05, 3.63) is 76.3 Å². The number of ether oxygens (including phenoxy) is 1. The van der Waals surface area contributed by atoms with Gasteiger partial charge in [0.1, 0.15) is 11.1 Å². The molecule has 29 heavy (non-hydrogen) atoms. The molecule has 1 fully saturated rings. The van der Waals surface area contributed by atoms with E-state index in [-0.39, 0.29) is 17.6 Å². The minimum Gasteiger partial charge on any atom is -0.371 e. The van der Waals surface area contributed by atoms with Gasteiger partial charge in [-0.25, -0.2) is 0 Å². The Labute approximate surface area is 170 Å². The zero-order valence-electron chi connectivity index (χ0n) is 15.3. The van der Waals surface area contributed by atoms with Crippen molar-refractivity contribution in [1.29, 1.82) is 0 Å². The summed E-state index contributed by atoms with van der Waals surface area (Å²) in [4.78, 5) is 37.1. The number of benzene rings is 2. The van der Waals surface area contributed by atoms with E-state index < -0.39 is 11.6 Å². The summed E-state index contributed by atoms with van der Waals surface area (Å²) in [5.74, 6) is -1.57. The molecule has 1 amide bonds. The number of nitrogens with one attached hydrogen (secondary N) is 1. The van der Waals surface area contributed by atoms with Gasteiger partial charge in [-0.2, -0.15) is 0 Å². The van der Waals surface area contributed by atoms with Gasteiger partial charge in [0.2, 0.25) is 16.7 Å². The predicted octanol–water partition coefficient (Wildman–Crippen LogP) is 3.71. The summed E-state index contributed by atoms with van der Waals surface area (Å²) in [7, 11) is 0. The van der Waals surface area contributed by atoms with E-state index in [1.165, 1.54) is 35.6 Å². The fraction of sp³-hybridized carbons (Fsp3) is 0.190. The maximum atomic E-state index is 12.4. The largest absolute Gasteiger partial charge is 0.371 e. The van der Waals surface area contributed by atoms with Gasteiger partial charge < -0.3 is 4.74 Å². The van der Waals surface area contributed by atoms with Gasteiger partial charge in [-0.1, -0.05) is 53.8 Å². The van der Waals surface area contributed by atoms with Gasteiger partial charge in [0, 0.05) is 23.3 Å². The second-order valence-electron chi connectivity index (χ2n) is 6.50. The molecule has 1 aliphatic rings. The van der Waals surface area contributed by atoms with Gasteiger partial charge in [0.15, 0.2) is 0 Å². The quantitative estimate of drug-likeness (QED) is 0.494. The third-order valence-electron chi connectivity index (χ3n) is 4.52. The van der Waals surface area contributed by atoms with Crippen LogP contribution >= 0.6 is 11.3 Å². The van der Waals surface area contributed by atoms with Crippen molar-refractivity contribution in [1.82, 2.24) is 10.2 Å². The Kier molecular flexibility index (Phi) is 5.55. The fourth-order valence-electron chi connectivity index (χ4n) is 2.98. The lowest BCUT2D eigenvalue weighted by Gasteiger charge is -2.04. The highest BCUT2D eigenvalue weighted by Gasteiger charge is 2.23. The highest BCUT2D eigenvalue weighted by Crippen LogP contribution is 2.32. The third kappa shape index (κ3) is 4.28. The Morgan fingerprint density at radius 2 is 1.55 bits per heavy atom. The van der Waals surface area contributed by atoms with Gasteiger partial charge in [0.25, 0.3) is 5.91 Å². The normalized spacial score (nSPS) is 15.8. The molecule has 1 N–H and O–H groups in total. The highest BCUT2D eigenvalue weighted by atomic mass is 32.1. The standard InChI is InChI=1S/C21H17N3O4S/c25-17(13-5-2-1-3-6-13)18(26)14-8-10-15(11-9-14)19(27)22-21-24-23-20(29-21)16-7-4-12-28-16/h1-3,5-6,8-11,16H,4,7,12H2,(H,22,24,27). The summed E-state index contributed by atoms with van der Waals surface area (Å²) in [5.41, 5.74) is 0.909. The topological polar surface area (TPSA) is 98.2 Å². The molecule has 8 heteroatoms. The number of nitrogens with zero attached hydrogens (tertiary/aromatic N) is 2. The molecule has 0 saturated carbocycles. The second-order valence-corrected chi connectivity index (χ2v) is 7.51. The molecule has 1 aromatic heterocycles. The van der Waals surface area contributed by atoms with E-state index in [4.69, 9.17) is 4.74 Å². The van der Waals surface area contributed by atoms with Crippen LogP contribution in [0, 0.1) is 0 Å². The fourth-order valence-corrected chi connectivity index (χ4v) is 3.80. The second kappa shape index (κ2) is 8.42. The summed E-state index contributed by atoms with van der Waals surface area (Å²) >= 11 is 1.28. The lowest BCUT2D eigenvalue weighted by atomic mass is 10.0. The van der Waals surface area contributed by atoms with E-state index >= 15 is 0 Å². The third-order valence-corrected chi connectivity index (χ3v) is 5.45. The Bertz CT molecular complexity index is 1040. The number of carbonyl (C=O) groups is 3. The molecule has 1 atom stereocenters. The molecule has 1 aliphatic heterocycles. The van der Waals surface area contributed by atoms with Crippen LogP contribution < -0.4 is 5.32 Å². The summed E-state index contributed by atoms with van der Waals surface area (Å²) in [6, 6.07) is 14.3. The van der Waals surface area contributed by atoms with Crippen LogP contribution in [0.25, 0.3) is 0 Å². The van der Waals surface area contributed by atoms with Gasteiger partial charge in [-0.15, -0.1) is 10.2 Å². The van der Waals surface area contributed by atoms with Crippen molar-refractivity contribution in [2.75, 3.05) is 11.9 Å². The van der Waals surface area contributed by atoms with Crippen molar-refractivity contribution in [3.63, 3.8) is 0 Å². The molecule has 146 valence electrons. The SMILES string of the molecule is O=C(Nc1nnc(C2CCCO2)s1)c1ccc(C(=O)C(=O)c2ccccc2)cc1. The molecule has 0 spiro atoms. The zero-order valence-corrected chi connectivity index (χ0v) is 16.1. The van der Waals surface area contributed by atoms with E-state index in [0.717, 1.165) is 17.8 Å². The maximum Gasteiger partial charge on any atom is 0.257 e. The summed E-state index contributed by atoms with van der Waals surface area (Å²) < 4.78 is 5.56. The van der Waals surface area contributed by atoms with Crippen LogP contribution in [0.2, 0.25) is 0 Å². The number of carbonyl (C=O) groups excluding carboxylic acids is 3. The van der Waals surface area contributed by atoms with Gasteiger partial charge >= 0.3 is 0 Å². The summed E-state index contributed by atoms with van der Waals surface area (Å²) in [5, 5.41) is 11.9. The van der Waals surface area contributed by atoms with Crippen LogP contribution in [0.3, 0.4) is 0 Å². The number of Topliss-reactive ketones (excluding diaryl/α,β-unsaturated/α-hetero) is 2. The number of rotatable bonds is 6. The van der Waals surface area contributed by atoms with E-state index in [1.54, 1.807) is 30.3 Å². The van der Waals surface area contributed by atoms with Crippen LogP contribution in [0.5, 0.6) is 0 Å². The first-order valence-electron chi connectivity index (χ1n) is 9.12. The van der Waals surface area contributed by atoms with E-state index in [1.807, 2.05) is 0 Å². The average molecular weight is 407 g/mol. The average Bonchev–Trinajstić information content (AvgIpc) is 3.45. The van der Waals surface area contributed by atoms with Crippen molar-refractivity contribution < 1.29 is 19.1 Å². The smallest absolute Gasteiger partial charge is 0.257 e. The Morgan fingerprint density at radius 1 is 0.897 bits per heavy atom. The first kappa shape index (κ1) is 19.1. The monoisotopic (exact) mass is 407 g/mol.